The van der Waals surface area contributed by atoms with Crippen LogP contribution in [0.4, 0.5) is 0 Å². The van der Waals surface area contributed by atoms with Crippen LogP contribution in [0, 0.1) is 0 Å². The van der Waals surface area contributed by atoms with E-state index in [1.807, 2.05) is 0 Å². The van der Waals surface area contributed by atoms with Crippen LogP contribution in [0.25, 0.3) is 4.96 Å². The Morgan fingerprint density at radius 3 is 3.16 bits per heavy atom. The number of rotatable bonds is 5. The molecule has 0 amide bonds. The number of nitrogens with one attached hydrogen (secondary N) is 1. The van der Waals surface area contributed by atoms with Crippen molar-refractivity contribution in [3.05, 3.63) is 29.1 Å². The third-order valence-corrected chi connectivity index (χ3v) is 3.69. The van der Waals surface area contributed by atoms with Gasteiger partial charge in [-0.05, 0) is 0 Å². The van der Waals surface area contributed by atoms with Crippen molar-refractivity contribution in [2.24, 2.45) is 5.73 Å². The Bertz CT molecular complexity index is 659. The lowest BCUT2D eigenvalue weighted by molar-refractivity contribution is 0.176. The van der Waals surface area contributed by atoms with Crippen molar-refractivity contribution in [1.29, 1.82) is 0 Å². The fraction of sp³-hybridized carbons (Fsp3) is 0.400. The Kier molecular flexibility index (Phi) is 3.23. The molecule has 9 heteroatoms. The van der Waals surface area contributed by atoms with E-state index in [1.165, 1.54) is 11.3 Å². The van der Waals surface area contributed by atoms with E-state index in [9.17, 15) is 0 Å². The molecule has 0 bridgehead atoms. The summed E-state index contributed by atoms with van der Waals surface area (Å²) in [7, 11) is 1.61. The Morgan fingerprint density at radius 2 is 2.42 bits per heavy atom. The van der Waals surface area contributed by atoms with Gasteiger partial charge in [0.1, 0.15) is 11.6 Å². The third-order valence-electron chi connectivity index (χ3n) is 2.66. The Balaban J connectivity index is 1.84. The van der Waals surface area contributed by atoms with E-state index in [4.69, 9.17) is 10.5 Å². The average molecular weight is 279 g/mol. The minimum atomic E-state index is -0.192. The largest absolute Gasteiger partial charge is 0.377 e. The maximum Gasteiger partial charge on any atom is 0.234 e. The zero-order valence-corrected chi connectivity index (χ0v) is 11.1. The van der Waals surface area contributed by atoms with E-state index in [1.54, 1.807) is 24.1 Å². The van der Waals surface area contributed by atoms with Gasteiger partial charge >= 0.3 is 0 Å². The number of H-pyrrole nitrogens is 1. The normalized spacial score (nSPS) is 13.2. The molecule has 0 aliphatic rings. The monoisotopic (exact) mass is 279 g/mol. The molecule has 0 fully saturated rings. The lowest BCUT2D eigenvalue weighted by atomic mass is 10.2. The van der Waals surface area contributed by atoms with Crippen LogP contribution in [-0.2, 0) is 17.8 Å². The molecule has 0 aliphatic carbocycles. The lowest BCUT2D eigenvalue weighted by Crippen LogP contribution is -2.14. The van der Waals surface area contributed by atoms with Crippen molar-refractivity contribution in [2.75, 3.05) is 7.11 Å². The van der Waals surface area contributed by atoms with Crippen molar-refractivity contribution in [2.45, 2.75) is 19.1 Å². The van der Waals surface area contributed by atoms with Crippen LogP contribution >= 0.6 is 11.3 Å². The molecule has 3 N–H and O–H groups in total. The number of methoxy groups -OCH3 is 1. The molecule has 0 aromatic carbocycles. The summed E-state index contributed by atoms with van der Waals surface area (Å²) in [6.45, 7) is 0.375. The van der Waals surface area contributed by atoms with Crippen LogP contribution < -0.4 is 5.73 Å². The summed E-state index contributed by atoms with van der Waals surface area (Å²) in [6, 6.07) is -0.192. The van der Waals surface area contributed by atoms with Gasteiger partial charge < -0.3 is 15.5 Å². The summed E-state index contributed by atoms with van der Waals surface area (Å²) >= 11 is 1.44. The van der Waals surface area contributed by atoms with Gasteiger partial charge in [0.05, 0.1) is 12.4 Å². The highest BCUT2D eigenvalue weighted by atomic mass is 32.1. The minimum Gasteiger partial charge on any atom is -0.377 e. The van der Waals surface area contributed by atoms with Crippen LogP contribution in [0.1, 0.15) is 22.6 Å². The number of hydrogen-bond acceptors (Lipinski definition) is 7. The van der Waals surface area contributed by atoms with Gasteiger partial charge in [-0.2, -0.15) is 9.61 Å². The summed E-state index contributed by atoms with van der Waals surface area (Å²) in [4.78, 5) is 7.72. The number of aromatic nitrogens is 6. The zero-order chi connectivity index (χ0) is 13.2. The Labute approximate surface area is 112 Å². The SMILES string of the molecule is COCc1nnc2sc(C(N)Cc3cnc[nH]3)nn12. The van der Waals surface area contributed by atoms with Gasteiger partial charge in [-0.15, -0.1) is 10.2 Å². The first-order valence-electron chi connectivity index (χ1n) is 5.70. The number of nitrogens with two attached hydrogens (primary N) is 1. The van der Waals surface area contributed by atoms with Crippen LogP contribution in [0.3, 0.4) is 0 Å². The van der Waals surface area contributed by atoms with E-state index in [0.717, 1.165) is 15.7 Å². The molecule has 19 heavy (non-hydrogen) atoms. The second kappa shape index (κ2) is 5.03. The van der Waals surface area contributed by atoms with Crippen LogP contribution in [0.5, 0.6) is 0 Å². The Morgan fingerprint density at radius 1 is 1.53 bits per heavy atom. The standard InChI is InChI=1S/C10H13N7OS/c1-18-4-8-14-15-10-17(8)16-9(19-10)7(11)2-6-3-12-5-13-6/h3,5,7H,2,4,11H2,1H3,(H,12,13). The highest BCUT2D eigenvalue weighted by molar-refractivity contribution is 7.16. The fourth-order valence-corrected chi connectivity index (χ4v) is 2.62. The molecule has 1 atom stereocenters. The van der Waals surface area contributed by atoms with Crippen molar-refractivity contribution in [1.82, 2.24) is 29.8 Å². The topological polar surface area (TPSA) is 107 Å². The molecule has 3 aromatic rings. The summed E-state index contributed by atoms with van der Waals surface area (Å²) < 4.78 is 6.72. The van der Waals surface area contributed by atoms with Crippen molar-refractivity contribution in [3.63, 3.8) is 0 Å². The summed E-state index contributed by atoms with van der Waals surface area (Å²) in [6.07, 6.45) is 4.05. The van der Waals surface area contributed by atoms with Gasteiger partial charge in [0.2, 0.25) is 4.96 Å². The van der Waals surface area contributed by atoms with Gasteiger partial charge in [0.25, 0.3) is 0 Å². The predicted molar refractivity (Wildman–Crippen MR) is 68.6 cm³/mol. The maximum absolute atomic E-state index is 6.14. The molecular formula is C10H13N7OS. The van der Waals surface area contributed by atoms with Crippen molar-refractivity contribution >= 4 is 16.3 Å². The molecule has 0 aliphatic heterocycles. The molecule has 3 heterocycles. The second-order valence-electron chi connectivity index (χ2n) is 4.07. The molecule has 0 saturated heterocycles. The van der Waals surface area contributed by atoms with Gasteiger partial charge in [0, 0.05) is 25.4 Å². The number of hydrogen-bond donors (Lipinski definition) is 2. The molecule has 0 radical (unpaired) electrons. The average Bonchev–Trinajstić information content (AvgIpc) is 3.07. The summed E-state index contributed by atoms with van der Waals surface area (Å²) in [5.41, 5.74) is 7.12. The third kappa shape index (κ3) is 2.35. The number of ether oxygens (including phenoxy) is 1. The van der Waals surface area contributed by atoms with E-state index < -0.39 is 0 Å². The molecule has 100 valence electrons. The predicted octanol–water partition coefficient (Wildman–Crippen LogP) is 0.298. The van der Waals surface area contributed by atoms with Crippen LogP contribution in [-0.4, -0.2) is 36.9 Å². The van der Waals surface area contributed by atoms with Gasteiger partial charge in [0.15, 0.2) is 5.82 Å². The number of nitrogens with zero attached hydrogens (tertiary/aromatic N) is 5. The van der Waals surface area contributed by atoms with E-state index >= 15 is 0 Å². The number of fused-ring (bicyclic) bond motifs is 1. The lowest BCUT2D eigenvalue weighted by Gasteiger charge is -2.05. The van der Waals surface area contributed by atoms with Gasteiger partial charge in [-0.3, -0.25) is 0 Å². The smallest absolute Gasteiger partial charge is 0.234 e. The first-order valence-corrected chi connectivity index (χ1v) is 6.52. The van der Waals surface area contributed by atoms with E-state index in [-0.39, 0.29) is 6.04 Å². The second-order valence-corrected chi connectivity index (χ2v) is 5.06. The highest BCUT2D eigenvalue weighted by Crippen LogP contribution is 2.21. The van der Waals surface area contributed by atoms with Crippen LogP contribution in [0.2, 0.25) is 0 Å². The molecule has 8 nitrogen and oxygen atoms in total. The fourth-order valence-electron chi connectivity index (χ4n) is 1.76. The quantitative estimate of drug-likeness (QED) is 0.695. The minimum absolute atomic E-state index is 0.192. The molecule has 0 spiro atoms. The van der Waals surface area contributed by atoms with Gasteiger partial charge in [-0.1, -0.05) is 11.3 Å². The molecule has 0 saturated carbocycles. The molecule has 1 unspecified atom stereocenters. The van der Waals surface area contributed by atoms with E-state index in [0.29, 0.717) is 18.9 Å². The first-order chi connectivity index (χ1) is 9.28. The van der Waals surface area contributed by atoms with Gasteiger partial charge in [-0.25, -0.2) is 4.98 Å². The van der Waals surface area contributed by atoms with E-state index in [2.05, 4.69) is 25.3 Å². The maximum atomic E-state index is 6.14. The summed E-state index contributed by atoms with van der Waals surface area (Å²) in [5.74, 6) is 0.675. The molecule has 3 aromatic heterocycles. The van der Waals surface area contributed by atoms with Crippen LogP contribution in [0.15, 0.2) is 12.5 Å². The number of imidazole rings is 1. The highest BCUT2D eigenvalue weighted by Gasteiger charge is 2.17. The zero-order valence-electron chi connectivity index (χ0n) is 10.3. The number of aromatic amines is 1. The first kappa shape index (κ1) is 12.2. The molecular weight excluding hydrogens is 266 g/mol. The summed E-state index contributed by atoms with van der Waals surface area (Å²) in [5, 5.41) is 13.3. The Hall–Kier alpha value is -1.84. The molecule has 3 rings (SSSR count). The van der Waals surface area contributed by atoms with Crippen molar-refractivity contribution in [3.8, 4) is 0 Å². The van der Waals surface area contributed by atoms with Crippen molar-refractivity contribution < 1.29 is 4.74 Å².